The van der Waals surface area contributed by atoms with Crippen LogP contribution in [0.25, 0.3) is 0 Å². The highest BCUT2D eigenvalue weighted by atomic mass is 16.5. The number of hydrogen-bond donors (Lipinski definition) is 1. The van der Waals surface area contributed by atoms with Crippen molar-refractivity contribution >= 4 is 12.1 Å². The Kier molecular flexibility index (Phi) is 5.28. The topological polar surface area (TPSA) is 61.9 Å². The zero-order valence-corrected chi connectivity index (χ0v) is 14.1. The zero-order valence-electron chi connectivity index (χ0n) is 14.1. The lowest BCUT2D eigenvalue weighted by Crippen LogP contribution is -2.52. The number of urea groups is 1. The van der Waals surface area contributed by atoms with E-state index in [2.05, 4.69) is 10.2 Å². The highest BCUT2D eigenvalue weighted by Gasteiger charge is 2.36. The Morgan fingerprint density at radius 3 is 2.30 bits per heavy atom. The van der Waals surface area contributed by atoms with E-state index in [0.29, 0.717) is 25.0 Å². The number of likely N-dealkylation sites (tertiary alicyclic amines) is 2. The van der Waals surface area contributed by atoms with E-state index in [1.807, 2.05) is 0 Å². The molecule has 3 fully saturated rings. The van der Waals surface area contributed by atoms with Crippen LogP contribution in [0.1, 0.15) is 51.4 Å². The average molecular weight is 323 g/mol. The van der Waals surface area contributed by atoms with Gasteiger partial charge in [0.15, 0.2) is 0 Å². The van der Waals surface area contributed by atoms with Crippen LogP contribution in [0, 0.1) is 5.92 Å². The first kappa shape index (κ1) is 16.4. The maximum absolute atomic E-state index is 12.7. The number of carbonyl (C=O) groups is 2. The second-order valence-electron chi connectivity index (χ2n) is 7.13. The first-order valence-corrected chi connectivity index (χ1v) is 9.09. The van der Waals surface area contributed by atoms with Gasteiger partial charge >= 0.3 is 12.1 Å². The van der Waals surface area contributed by atoms with Crippen molar-refractivity contribution in [2.75, 3.05) is 26.7 Å². The largest absolute Gasteiger partial charge is 0.453 e. The predicted octanol–water partition coefficient (Wildman–Crippen LogP) is 2.58. The van der Waals surface area contributed by atoms with Crippen molar-refractivity contribution in [3.63, 3.8) is 0 Å². The molecule has 2 aliphatic heterocycles. The van der Waals surface area contributed by atoms with Crippen LogP contribution in [0.5, 0.6) is 0 Å². The van der Waals surface area contributed by atoms with Gasteiger partial charge in [-0.3, -0.25) is 0 Å². The number of amides is 3. The second kappa shape index (κ2) is 7.41. The predicted molar refractivity (Wildman–Crippen MR) is 87.2 cm³/mol. The Balaban J connectivity index is 1.48. The summed E-state index contributed by atoms with van der Waals surface area (Å²) in [5, 5.41) is 3.20. The molecular formula is C17H29N3O3. The van der Waals surface area contributed by atoms with Gasteiger partial charge in [-0.1, -0.05) is 12.8 Å². The third-order valence-electron chi connectivity index (χ3n) is 5.76. The van der Waals surface area contributed by atoms with Crippen LogP contribution >= 0.6 is 0 Å². The monoisotopic (exact) mass is 323 g/mol. The van der Waals surface area contributed by atoms with Gasteiger partial charge in [-0.15, -0.1) is 0 Å². The zero-order chi connectivity index (χ0) is 16.2. The summed E-state index contributed by atoms with van der Waals surface area (Å²) >= 11 is 0. The molecule has 6 nitrogen and oxygen atoms in total. The molecule has 0 bridgehead atoms. The first-order valence-electron chi connectivity index (χ1n) is 9.09. The van der Waals surface area contributed by atoms with Crippen molar-refractivity contribution in [1.82, 2.24) is 15.1 Å². The number of nitrogens with one attached hydrogen (secondary N) is 1. The van der Waals surface area contributed by atoms with Crippen molar-refractivity contribution in [2.24, 2.45) is 5.92 Å². The first-order chi connectivity index (χ1) is 11.2. The lowest BCUT2D eigenvalue weighted by molar-refractivity contribution is 0.109. The van der Waals surface area contributed by atoms with E-state index in [1.54, 1.807) is 4.90 Å². The van der Waals surface area contributed by atoms with Gasteiger partial charge in [0, 0.05) is 31.7 Å². The van der Waals surface area contributed by atoms with E-state index in [0.717, 1.165) is 25.8 Å². The summed E-state index contributed by atoms with van der Waals surface area (Å²) in [6.07, 6.45) is 8.86. The second-order valence-corrected chi connectivity index (χ2v) is 7.13. The van der Waals surface area contributed by atoms with Gasteiger partial charge in [-0.05, 0) is 44.4 Å². The number of rotatable bonds is 2. The van der Waals surface area contributed by atoms with Gasteiger partial charge in [0.1, 0.15) is 0 Å². The van der Waals surface area contributed by atoms with E-state index in [1.165, 1.54) is 39.2 Å². The Morgan fingerprint density at radius 2 is 1.65 bits per heavy atom. The Morgan fingerprint density at radius 1 is 0.957 bits per heavy atom. The number of ether oxygens (including phenoxy) is 1. The van der Waals surface area contributed by atoms with E-state index >= 15 is 0 Å². The fourth-order valence-electron chi connectivity index (χ4n) is 4.47. The standard InChI is InChI=1S/C17H29N3O3/c1-23-17(22)19-11-8-14(9-12-19)18-16(21)20-10-4-7-15(20)13-5-2-3-6-13/h13-15H,2-12H2,1H3,(H,18,21)/t15-/m1/s1. The fraction of sp³-hybridized carbons (Fsp3) is 0.882. The Labute approximate surface area is 138 Å². The molecule has 3 rings (SSSR count). The SMILES string of the molecule is COC(=O)N1CCC(NC(=O)N2CCC[C@@H]2C2CCCC2)CC1. The molecule has 0 aromatic rings. The lowest BCUT2D eigenvalue weighted by atomic mass is 9.96. The number of carbonyl (C=O) groups excluding carboxylic acids is 2. The molecule has 0 aromatic heterocycles. The average Bonchev–Trinajstić information content (AvgIpc) is 3.25. The van der Waals surface area contributed by atoms with E-state index < -0.39 is 0 Å². The summed E-state index contributed by atoms with van der Waals surface area (Å²) in [6, 6.07) is 0.733. The molecule has 1 N–H and O–H groups in total. The van der Waals surface area contributed by atoms with Crippen molar-refractivity contribution in [3.05, 3.63) is 0 Å². The molecule has 130 valence electrons. The third-order valence-corrected chi connectivity index (χ3v) is 5.76. The molecule has 6 heteroatoms. The van der Waals surface area contributed by atoms with Crippen molar-refractivity contribution in [3.8, 4) is 0 Å². The molecule has 0 unspecified atom stereocenters. The third kappa shape index (κ3) is 3.72. The van der Waals surface area contributed by atoms with Crippen LogP contribution in [0.15, 0.2) is 0 Å². The molecule has 1 atom stereocenters. The number of methoxy groups -OCH3 is 1. The molecular weight excluding hydrogens is 294 g/mol. The quantitative estimate of drug-likeness (QED) is 0.849. The normalized spacial score (nSPS) is 26.6. The summed E-state index contributed by atoms with van der Waals surface area (Å²) < 4.78 is 4.75. The van der Waals surface area contributed by atoms with Gasteiger partial charge in [-0.25, -0.2) is 9.59 Å². The molecule has 23 heavy (non-hydrogen) atoms. The van der Waals surface area contributed by atoms with Gasteiger partial charge in [0.2, 0.25) is 0 Å². The Hall–Kier alpha value is -1.46. The van der Waals surface area contributed by atoms with Gasteiger partial charge in [0.05, 0.1) is 7.11 Å². The molecule has 0 radical (unpaired) electrons. The summed E-state index contributed by atoms with van der Waals surface area (Å²) in [5.74, 6) is 0.712. The van der Waals surface area contributed by atoms with Crippen molar-refractivity contribution < 1.29 is 14.3 Å². The van der Waals surface area contributed by atoms with Gasteiger partial charge < -0.3 is 19.9 Å². The maximum atomic E-state index is 12.7. The molecule has 3 aliphatic rings. The lowest BCUT2D eigenvalue weighted by Gasteiger charge is -2.34. The minimum absolute atomic E-state index is 0.107. The van der Waals surface area contributed by atoms with Crippen LogP contribution in [0.4, 0.5) is 9.59 Å². The van der Waals surface area contributed by atoms with Gasteiger partial charge in [-0.2, -0.15) is 0 Å². The molecule has 1 aliphatic carbocycles. The molecule has 0 spiro atoms. The van der Waals surface area contributed by atoms with Crippen molar-refractivity contribution in [1.29, 1.82) is 0 Å². The van der Waals surface area contributed by atoms with Crippen LogP contribution in [0.3, 0.4) is 0 Å². The maximum Gasteiger partial charge on any atom is 0.409 e. The summed E-state index contributed by atoms with van der Waals surface area (Å²) in [6.45, 7) is 2.21. The minimum Gasteiger partial charge on any atom is -0.453 e. The molecule has 1 saturated carbocycles. The minimum atomic E-state index is -0.268. The number of piperidine rings is 1. The molecule has 0 aromatic carbocycles. The smallest absolute Gasteiger partial charge is 0.409 e. The number of hydrogen-bond acceptors (Lipinski definition) is 3. The van der Waals surface area contributed by atoms with Gasteiger partial charge in [0.25, 0.3) is 0 Å². The summed E-state index contributed by atoms with van der Waals surface area (Å²) in [7, 11) is 1.41. The van der Waals surface area contributed by atoms with E-state index in [-0.39, 0.29) is 18.2 Å². The van der Waals surface area contributed by atoms with E-state index in [9.17, 15) is 9.59 Å². The highest BCUT2D eigenvalue weighted by molar-refractivity contribution is 5.75. The fourth-order valence-corrected chi connectivity index (χ4v) is 4.47. The van der Waals surface area contributed by atoms with Crippen molar-refractivity contribution in [2.45, 2.75) is 63.5 Å². The molecule has 3 amide bonds. The van der Waals surface area contributed by atoms with Crippen LogP contribution in [0.2, 0.25) is 0 Å². The van der Waals surface area contributed by atoms with Crippen LogP contribution in [-0.2, 0) is 4.74 Å². The van der Waals surface area contributed by atoms with Crippen LogP contribution < -0.4 is 5.32 Å². The summed E-state index contributed by atoms with van der Waals surface area (Å²) in [4.78, 5) is 28.0. The Bertz CT molecular complexity index is 429. The number of nitrogens with zero attached hydrogens (tertiary/aromatic N) is 2. The van der Waals surface area contributed by atoms with E-state index in [4.69, 9.17) is 4.74 Å². The summed E-state index contributed by atoms with van der Waals surface area (Å²) in [5.41, 5.74) is 0. The molecule has 2 saturated heterocycles. The molecule has 2 heterocycles. The highest BCUT2D eigenvalue weighted by Crippen LogP contribution is 2.35. The van der Waals surface area contributed by atoms with Crippen LogP contribution in [-0.4, -0.2) is 60.8 Å².